The third kappa shape index (κ3) is 4.50. The topological polar surface area (TPSA) is 66.9 Å². The van der Waals surface area contributed by atoms with Crippen LogP contribution in [0.15, 0.2) is 30.3 Å². The molecule has 0 radical (unpaired) electrons. The highest BCUT2D eigenvalue weighted by molar-refractivity contribution is 5.93. The van der Waals surface area contributed by atoms with Gasteiger partial charge in [0.2, 0.25) is 0 Å². The largest absolute Gasteiger partial charge is 0.416 e. The summed E-state index contributed by atoms with van der Waals surface area (Å²) in [6.07, 6.45) is -0.239. The zero-order chi connectivity index (χ0) is 18.7. The first-order valence-electron chi connectivity index (χ1n) is 8.42. The van der Waals surface area contributed by atoms with Gasteiger partial charge in [0.15, 0.2) is 0 Å². The molecule has 2 N–H and O–H groups in total. The van der Waals surface area contributed by atoms with Crippen LogP contribution in [0.3, 0.4) is 0 Å². The van der Waals surface area contributed by atoms with E-state index in [9.17, 15) is 18.0 Å². The number of benzene rings is 1. The van der Waals surface area contributed by atoms with Gasteiger partial charge in [-0.3, -0.25) is 4.79 Å². The molecule has 1 aliphatic rings. The summed E-state index contributed by atoms with van der Waals surface area (Å²) in [5.74, 6) is 0.491. The minimum Gasteiger partial charge on any atom is -0.348 e. The number of carbonyl (C=O) groups is 1. The van der Waals surface area contributed by atoms with Gasteiger partial charge >= 0.3 is 6.18 Å². The lowest BCUT2D eigenvalue weighted by Gasteiger charge is -2.13. The van der Waals surface area contributed by atoms with Crippen molar-refractivity contribution in [2.45, 2.75) is 44.8 Å². The molecule has 0 aliphatic heterocycles. The Bertz CT molecular complexity index is 784. The number of halogens is 3. The summed E-state index contributed by atoms with van der Waals surface area (Å²) in [5.41, 5.74) is -0.0457. The molecule has 3 rings (SSSR count). The van der Waals surface area contributed by atoms with Crippen LogP contribution in [0, 0.1) is 6.92 Å². The number of rotatable bonds is 4. The molecule has 2 aromatic rings. The van der Waals surface area contributed by atoms with E-state index in [1.165, 1.54) is 18.2 Å². The molecule has 1 heterocycles. The van der Waals surface area contributed by atoms with E-state index in [0.717, 1.165) is 37.8 Å². The highest BCUT2D eigenvalue weighted by Gasteiger charge is 2.30. The minimum absolute atomic E-state index is 0.170. The fourth-order valence-corrected chi connectivity index (χ4v) is 2.97. The van der Waals surface area contributed by atoms with E-state index in [2.05, 4.69) is 20.6 Å². The molecule has 5 nitrogen and oxygen atoms in total. The maximum absolute atomic E-state index is 12.6. The van der Waals surface area contributed by atoms with Crippen molar-refractivity contribution in [3.63, 3.8) is 0 Å². The van der Waals surface area contributed by atoms with Gasteiger partial charge in [-0.05, 0) is 44.0 Å². The first kappa shape index (κ1) is 18.2. The summed E-state index contributed by atoms with van der Waals surface area (Å²) in [7, 11) is 0. The van der Waals surface area contributed by atoms with Gasteiger partial charge in [-0.2, -0.15) is 13.2 Å². The molecule has 1 saturated carbocycles. The second-order valence-corrected chi connectivity index (χ2v) is 6.34. The van der Waals surface area contributed by atoms with Crippen molar-refractivity contribution in [2.75, 3.05) is 5.32 Å². The molecule has 0 bridgehead atoms. The first-order chi connectivity index (χ1) is 12.3. The number of aromatic nitrogens is 2. The van der Waals surface area contributed by atoms with Gasteiger partial charge in [0.25, 0.3) is 5.91 Å². The van der Waals surface area contributed by atoms with Crippen molar-refractivity contribution in [3.8, 4) is 0 Å². The number of aryl methyl sites for hydroxylation is 1. The molecular formula is C18H19F3N4O. The summed E-state index contributed by atoms with van der Waals surface area (Å²) in [6, 6.07) is 6.28. The number of amides is 1. The molecule has 0 saturated heterocycles. The van der Waals surface area contributed by atoms with Crippen LogP contribution in [0.4, 0.5) is 24.7 Å². The normalized spacial score (nSPS) is 15.1. The lowest BCUT2D eigenvalue weighted by molar-refractivity contribution is -0.137. The van der Waals surface area contributed by atoms with Gasteiger partial charge < -0.3 is 10.6 Å². The lowest BCUT2D eigenvalue weighted by Crippen LogP contribution is -2.33. The fourth-order valence-electron chi connectivity index (χ4n) is 2.97. The minimum atomic E-state index is -4.38. The molecule has 138 valence electrons. The molecule has 0 atom stereocenters. The number of nitrogens with zero attached hydrogens (tertiary/aromatic N) is 2. The Balaban J connectivity index is 1.73. The highest BCUT2D eigenvalue weighted by atomic mass is 19.4. The van der Waals surface area contributed by atoms with Crippen LogP contribution >= 0.6 is 0 Å². The van der Waals surface area contributed by atoms with Gasteiger partial charge in [0, 0.05) is 17.8 Å². The van der Waals surface area contributed by atoms with Crippen molar-refractivity contribution >= 4 is 17.4 Å². The van der Waals surface area contributed by atoms with Gasteiger partial charge in [-0.25, -0.2) is 9.97 Å². The summed E-state index contributed by atoms with van der Waals surface area (Å²) in [5, 5.41) is 5.87. The molecule has 0 unspecified atom stereocenters. The molecule has 1 aromatic heterocycles. The Kier molecular flexibility index (Phi) is 5.11. The third-order valence-corrected chi connectivity index (χ3v) is 4.25. The fraction of sp³-hybridized carbons (Fsp3) is 0.389. The van der Waals surface area contributed by atoms with E-state index in [1.807, 2.05) is 0 Å². The van der Waals surface area contributed by atoms with E-state index in [1.54, 1.807) is 6.92 Å². The second-order valence-electron chi connectivity index (χ2n) is 6.34. The molecule has 1 aliphatic carbocycles. The van der Waals surface area contributed by atoms with Crippen LogP contribution in [-0.2, 0) is 6.18 Å². The highest BCUT2D eigenvalue weighted by Crippen LogP contribution is 2.30. The van der Waals surface area contributed by atoms with Crippen molar-refractivity contribution < 1.29 is 18.0 Å². The SMILES string of the molecule is Cc1nc(Nc2ccc(C(F)(F)F)cc2)cc(C(=O)NC2CCCC2)n1. The Labute approximate surface area is 149 Å². The monoisotopic (exact) mass is 364 g/mol. The molecule has 26 heavy (non-hydrogen) atoms. The number of hydrogen-bond acceptors (Lipinski definition) is 4. The van der Waals surface area contributed by atoms with E-state index in [-0.39, 0.29) is 17.6 Å². The Hall–Kier alpha value is -2.64. The summed E-state index contributed by atoms with van der Waals surface area (Å²) in [6.45, 7) is 1.66. The first-order valence-corrected chi connectivity index (χ1v) is 8.42. The summed E-state index contributed by atoms with van der Waals surface area (Å²) >= 11 is 0. The van der Waals surface area contributed by atoms with Crippen LogP contribution in [0.5, 0.6) is 0 Å². The maximum atomic E-state index is 12.6. The lowest BCUT2D eigenvalue weighted by atomic mass is 10.2. The second kappa shape index (κ2) is 7.31. The Morgan fingerprint density at radius 2 is 1.77 bits per heavy atom. The molecule has 1 aromatic carbocycles. The zero-order valence-electron chi connectivity index (χ0n) is 14.2. The number of anilines is 2. The molecule has 0 spiro atoms. The van der Waals surface area contributed by atoms with Gasteiger partial charge in [-0.1, -0.05) is 12.8 Å². The van der Waals surface area contributed by atoms with Crippen LogP contribution in [0.1, 0.15) is 47.6 Å². The third-order valence-electron chi connectivity index (χ3n) is 4.25. The molecule has 8 heteroatoms. The smallest absolute Gasteiger partial charge is 0.348 e. The number of alkyl halides is 3. The van der Waals surface area contributed by atoms with Crippen LogP contribution in [0.25, 0.3) is 0 Å². The molecule has 1 fully saturated rings. The molecular weight excluding hydrogens is 345 g/mol. The van der Waals surface area contributed by atoms with Gasteiger partial charge in [-0.15, -0.1) is 0 Å². The van der Waals surface area contributed by atoms with Crippen LogP contribution in [-0.4, -0.2) is 21.9 Å². The maximum Gasteiger partial charge on any atom is 0.416 e. The van der Waals surface area contributed by atoms with Gasteiger partial charge in [0.05, 0.1) is 5.56 Å². The van der Waals surface area contributed by atoms with E-state index in [0.29, 0.717) is 17.3 Å². The van der Waals surface area contributed by atoms with Gasteiger partial charge in [0.1, 0.15) is 17.3 Å². The van der Waals surface area contributed by atoms with Crippen molar-refractivity contribution in [1.29, 1.82) is 0 Å². The van der Waals surface area contributed by atoms with Crippen LogP contribution < -0.4 is 10.6 Å². The van der Waals surface area contributed by atoms with E-state index < -0.39 is 11.7 Å². The predicted octanol–water partition coefficient (Wildman–Crippen LogP) is 4.22. The quantitative estimate of drug-likeness (QED) is 0.852. The standard InChI is InChI=1S/C18H19F3N4O/c1-11-22-15(17(26)25-13-4-2-3-5-13)10-16(23-11)24-14-8-6-12(7-9-14)18(19,20)21/h6-10,13H,2-5H2,1H3,(H,25,26)(H,22,23,24). The van der Waals surface area contributed by atoms with Crippen molar-refractivity contribution in [3.05, 3.63) is 47.4 Å². The average molecular weight is 364 g/mol. The molecule has 1 amide bonds. The van der Waals surface area contributed by atoms with Crippen molar-refractivity contribution in [1.82, 2.24) is 15.3 Å². The summed E-state index contributed by atoms with van der Waals surface area (Å²) in [4.78, 5) is 20.7. The number of carbonyl (C=O) groups excluding carboxylic acids is 1. The summed E-state index contributed by atoms with van der Waals surface area (Å²) < 4.78 is 37.9. The van der Waals surface area contributed by atoms with E-state index >= 15 is 0 Å². The van der Waals surface area contributed by atoms with Crippen LogP contribution in [0.2, 0.25) is 0 Å². The number of nitrogens with one attached hydrogen (secondary N) is 2. The average Bonchev–Trinajstić information content (AvgIpc) is 3.07. The predicted molar refractivity (Wildman–Crippen MR) is 91.2 cm³/mol. The zero-order valence-corrected chi connectivity index (χ0v) is 14.2. The van der Waals surface area contributed by atoms with Crippen molar-refractivity contribution in [2.24, 2.45) is 0 Å². The van der Waals surface area contributed by atoms with E-state index in [4.69, 9.17) is 0 Å². The number of hydrogen-bond donors (Lipinski definition) is 2. The Morgan fingerprint density at radius 1 is 1.12 bits per heavy atom. The Morgan fingerprint density at radius 3 is 2.38 bits per heavy atom.